The number of phosphoric acid groups is 3. The van der Waals surface area contributed by atoms with Crippen LogP contribution in [0.1, 0.15) is 12.5 Å². The van der Waals surface area contributed by atoms with E-state index < -0.39 is 102 Å². The molecule has 0 spiro atoms. The Balaban J connectivity index is 0.959. The summed E-state index contributed by atoms with van der Waals surface area (Å²) in [5, 5.41) is 41.8. The highest BCUT2D eigenvalue weighted by Gasteiger charge is 2.53. The molecule has 4 aromatic rings. The largest absolute Gasteiger partial charge is 0.719 e. The number of nitrogens with two attached hydrogens (primary N) is 2. The van der Waals surface area contributed by atoms with Crippen molar-refractivity contribution in [2.45, 2.75) is 49.1 Å². The second-order valence-corrected chi connectivity index (χ2v) is 17.9. The molecule has 6 heterocycles. The van der Waals surface area contributed by atoms with Gasteiger partial charge in [0.25, 0.3) is 0 Å². The molecule has 2 aliphatic rings. The highest BCUT2D eigenvalue weighted by Crippen LogP contribution is 2.67. The van der Waals surface area contributed by atoms with E-state index in [1.807, 2.05) is 0 Å². The topological polar surface area (TPSA) is 440 Å². The van der Waals surface area contributed by atoms with Gasteiger partial charge in [-0.25, -0.2) is 43.6 Å². The fourth-order valence-electron chi connectivity index (χ4n) is 5.08. The predicted octanol–water partition coefficient (Wildman–Crippen LogP) is -1.22. The molecule has 55 heavy (non-hydrogen) atoms. The van der Waals surface area contributed by atoms with Crippen LogP contribution in [-0.4, -0.2) is 124 Å². The number of phosphoric ester groups is 1. The van der Waals surface area contributed by atoms with Crippen molar-refractivity contribution in [3.05, 3.63) is 25.3 Å². The van der Waals surface area contributed by atoms with Gasteiger partial charge in [0.05, 0.1) is 19.3 Å². The number of aliphatic hydroxyl groups is 4. The van der Waals surface area contributed by atoms with Crippen molar-refractivity contribution in [2.75, 3.05) is 24.7 Å². The van der Waals surface area contributed by atoms with Gasteiger partial charge in [-0.2, -0.15) is 4.31 Å². The lowest BCUT2D eigenvalue weighted by atomic mass is 10.1. The lowest BCUT2D eigenvalue weighted by Crippen LogP contribution is -2.33. The second-order valence-electron chi connectivity index (χ2n) is 11.0. The number of nitrogen functional groups attached to an aromatic ring is 2. The predicted molar refractivity (Wildman–Crippen MR) is 172 cm³/mol. The molecule has 4 aromatic heterocycles. The number of aromatic nitrogens is 8. The zero-order chi connectivity index (χ0) is 40.0. The summed E-state index contributed by atoms with van der Waals surface area (Å²) in [5.41, 5.74) is 12.0. The third-order valence-electron chi connectivity index (χ3n) is 7.46. The first-order chi connectivity index (χ1) is 25.8. The molecule has 0 amide bonds. The highest BCUT2D eigenvalue weighted by molar-refractivity contribution is 7.67. The molecule has 5 unspecified atom stereocenters. The van der Waals surface area contributed by atoms with Crippen molar-refractivity contribution in [1.29, 1.82) is 0 Å². The van der Waals surface area contributed by atoms with Gasteiger partial charge in [0.1, 0.15) is 66.9 Å². The summed E-state index contributed by atoms with van der Waals surface area (Å²) in [6, 6.07) is 0. The van der Waals surface area contributed by atoms with Crippen molar-refractivity contribution in [3.8, 4) is 0 Å². The minimum absolute atomic E-state index is 0.00944. The fraction of sp³-hybridized carbons (Fsp3) is 0.500. The van der Waals surface area contributed by atoms with E-state index in [9.17, 15) is 57.9 Å². The van der Waals surface area contributed by atoms with Crippen LogP contribution in [0.4, 0.5) is 11.6 Å². The van der Waals surface area contributed by atoms with E-state index in [2.05, 4.69) is 51.7 Å². The Morgan fingerprint density at radius 3 is 1.62 bits per heavy atom. The van der Waals surface area contributed by atoms with E-state index in [1.54, 1.807) is 0 Å². The van der Waals surface area contributed by atoms with Gasteiger partial charge in [0, 0.05) is 17.8 Å². The van der Waals surface area contributed by atoms with Gasteiger partial charge in [-0.05, 0) is 4.31 Å². The monoisotopic (exact) mass is 882 g/mol. The van der Waals surface area contributed by atoms with E-state index in [0.29, 0.717) is 0 Å². The Morgan fingerprint density at radius 2 is 1.11 bits per heavy atom. The van der Waals surface area contributed by atoms with Crippen molar-refractivity contribution in [2.24, 2.45) is 0 Å². The summed E-state index contributed by atoms with van der Waals surface area (Å²) in [4.78, 5) is 53.0. The van der Waals surface area contributed by atoms with Crippen molar-refractivity contribution in [3.63, 3.8) is 0 Å². The summed E-state index contributed by atoms with van der Waals surface area (Å²) in [5.74, 6) is 0.00308. The van der Waals surface area contributed by atoms with E-state index in [0.717, 1.165) is 19.0 Å². The van der Waals surface area contributed by atoms with Gasteiger partial charge in [-0.3, -0.25) is 23.4 Å². The minimum Gasteiger partial charge on any atom is -0.387 e. The van der Waals surface area contributed by atoms with Crippen LogP contribution >= 0.6 is 40.0 Å². The number of rotatable bonds is 16. The molecule has 6 rings (SSSR count). The van der Waals surface area contributed by atoms with Crippen molar-refractivity contribution < 1.29 is 93.7 Å². The Hall–Kier alpha value is -3.01. The van der Waals surface area contributed by atoms with E-state index in [1.165, 1.54) is 15.5 Å². The van der Waals surface area contributed by atoms with Crippen LogP contribution in [0.3, 0.4) is 0 Å². The fourth-order valence-corrected chi connectivity index (χ4v) is 10.3. The van der Waals surface area contributed by atoms with Gasteiger partial charge >= 0.3 is 40.0 Å². The highest BCUT2D eigenvalue weighted by atomic mass is 31.3. The summed E-state index contributed by atoms with van der Waals surface area (Å²) < 4.78 is 99.7. The maximum absolute atomic E-state index is 12.4. The van der Waals surface area contributed by atoms with Crippen LogP contribution in [0.15, 0.2) is 25.3 Å². The number of fused-ring (bicyclic) bond motifs is 2. The van der Waals surface area contributed by atoms with Gasteiger partial charge in [0.15, 0.2) is 35.4 Å². The molecule has 30 nitrogen and oxygen atoms in total. The zero-order valence-electron chi connectivity index (χ0n) is 26.7. The molecule has 11 N–H and O–H groups in total. The van der Waals surface area contributed by atoms with Crippen LogP contribution in [0.25, 0.3) is 22.3 Å². The summed E-state index contributed by atoms with van der Waals surface area (Å²) in [7, 11) is -25.3. The molecule has 35 heteroatoms. The van der Waals surface area contributed by atoms with E-state index in [-0.39, 0.29) is 34.0 Å². The first-order valence-electron chi connectivity index (χ1n) is 14.7. The van der Waals surface area contributed by atoms with Crippen LogP contribution in [0.2, 0.25) is 0 Å². The SMILES string of the molecule is Nc1ncnc2c1ncn2[C@@H]1O[C@H](CO[P+](=O)OP(=O)(O)O[P+](=O)OP(=O)(O)OP(=O)(O)OC[C@H]2O[C@@H](n3cnc4c(N)ncnc43)[C@H](O)[C@@H]2O)[C@@H](O)[C@H]1O. The molecule has 0 saturated carbocycles. The van der Waals surface area contributed by atoms with E-state index >= 15 is 0 Å². The number of aliphatic hydroxyl groups excluding tert-OH is 4. The standard InChI is InChI=1S/C20H25N10O20P5/c21-15-9-17(25-3-23-15)29(5-27-9)19-13(33)11(31)7(45-19)1-43-51(35)47-54(39,40)48-52(36)49-55(41,42)50-53(37,38)44-2-8-12(32)14(34)20(46-8)30-6-28-10-16(22)24-4-26-18(10)30/h3-8,11-14,19-20,31-34H,1-2H2,(H5-2,21,22,23,24,25,26,37,38,39,40,41,42)/p+2/t7-,8-,11-,12-,13-,14-,19-,20-/m1/s1. The lowest BCUT2D eigenvalue weighted by molar-refractivity contribution is -0.0503. The minimum atomic E-state index is -5.97. The Labute approximate surface area is 305 Å². The lowest BCUT2D eigenvalue weighted by Gasteiger charge is -2.17. The average Bonchev–Trinajstić information content (AvgIpc) is 3.84. The maximum Gasteiger partial charge on any atom is 0.719 e. The van der Waals surface area contributed by atoms with E-state index in [4.69, 9.17) is 25.5 Å². The van der Waals surface area contributed by atoms with Gasteiger partial charge in [0.2, 0.25) is 0 Å². The van der Waals surface area contributed by atoms with Crippen LogP contribution in [0, 0.1) is 0 Å². The summed E-state index contributed by atoms with van der Waals surface area (Å²) in [6.45, 7) is -1.93. The Morgan fingerprint density at radius 1 is 0.655 bits per heavy atom. The Kier molecular flexibility index (Phi) is 12.2. The normalized spacial score (nSPS) is 29.6. The first-order valence-corrected chi connectivity index (χ1v) is 21.3. The number of hydrogen-bond donors (Lipinski definition) is 9. The molecule has 0 radical (unpaired) electrons. The molecule has 0 bridgehead atoms. The van der Waals surface area contributed by atoms with Crippen LogP contribution in [0.5, 0.6) is 0 Å². The molecule has 0 aromatic carbocycles. The summed E-state index contributed by atoms with van der Waals surface area (Å²) in [6.07, 6.45) is -7.98. The molecular weight excluding hydrogens is 855 g/mol. The number of hydrogen-bond acceptors (Lipinski definition) is 25. The Bertz CT molecular complexity index is 2250. The number of ether oxygens (including phenoxy) is 2. The quantitative estimate of drug-likeness (QED) is 0.0596. The molecule has 2 aliphatic heterocycles. The smallest absolute Gasteiger partial charge is 0.387 e. The number of imidazole rings is 2. The molecular formula is C20H27N10O20P5+2. The first kappa shape index (κ1) is 41.6. The van der Waals surface area contributed by atoms with Gasteiger partial charge in [-0.1, -0.05) is 0 Å². The third kappa shape index (κ3) is 9.26. The molecule has 0 aliphatic carbocycles. The molecule has 13 atom stereocenters. The molecule has 2 fully saturated rings. The molecule has 300 valence electrons. The zero-order valence-corrected chi connectivity index (χ0v) is 31.2. The van der Waals surface area contributed by atoms with Crippen molar-refractivity contribution >= 4 is 73.9 Å². The maximum atomic E-state index is 12.4. The van der Waals surface area contributed by atoms with Gasteiger partial charge < -0.3 is 46.3 Å². The third-order valence-corrected chi connectivity index (χ3v) is 14.0. The number of nitrogens with zero attached hydrogens (tertiary/aromatic N) is 8. The molecule has 2 saturated heterocycles. The average molecular weight is 882 g/mol. The second kappa shape index (κ2) is 16.1. The summed E-state index contributed by atoms with van der Waals surface area (Å²) >= 11 is 0. The van der Waals surface area contributed by atoms with Gasteiger partial charge in [-0.15, -0.1) is 4.52 Å². The van der Waals surface area contributed by atoms with Crippen LogP contribution < -0.4 is 11.5 Å². The van der Waals surface area contributed by atoms with Crippen molar-refractivity contribution in [1.82, 2.24) is 39.0 Å². The van der Waals surface area contributed by atoms with Crippen LogP contribution in [-0.2, 0) is 58.6 Å². The number of anilines is 2.